The molecule has 4 nitrogen and oxygen atoms in total. The van der Waals surface area contributed by atoms with Gasteiger partial charge in [-0.05, 0) is 50.6 Å². The van der Waals surface area contributed by atoms with Gasteiger partial charge in [0.1, 0.15) is 5.75 Å². The molecule has 1 aromatic heterocycles. The van der Waals surface area contributed by atoms with Crippen LogP contribution in [0.5, 0.6) is 5.75 Å². The van der Waals surface area contributed by atoms with E-state index in [2.05, 4.69) is 47.0 Å². The monoisotopic (exact) mass is 345 g/mol. The van der Waals surface area contributed by atoms with Crippen molar-refractivity contribution in [3.63, 3.8) is 0 Å². The van der Waals surface area contributed by atoms with Gasteiger partial charge in [-0.3, -0.25) is 4.90 Å². The van der Waals surface area contributed by atoms with Crippen LogP contribution in [0.4, 0.5) is 0 Å². The van der Waals surface area contributed by atoms with Gasteiger partial charge >= 0.3 is 0 Å². The average Bonchev–Trinajstić information content (AvgIpc) is 3.17. The molecule has 130 valence electrons. The molecule has 1 atom stereocenters. The minimum atomic E-state index is 0.758. The van der Waals surface area contributed by atoms with Crippen molar-refractivity contribution < 1.29 is 4.74 Å². The third kappa shape index (κ3) is 4.56. The molecule has 0 saturated carbocycles. The van der Waals surface area contributed by atoms with Crippen LogP contribution >= 0.6 is 11.3 Å². The molecule has 0 radical (unpaired) electrons. The molecule has 0 bridgehead atoms. The SMILES string of the molecule is COc1cccc(CN2CC[C@H](CN(C)Cc3scnc3C)C2)c1. The Labute approximate surface area is 149 Å². The molecule has 1 aliphatic heterocycles. The highest BCUT2D eigenvalue weighted by atomic mass is 32.1. The minimum Gasteiger partial charge on any atom is -0.497 e. The summed E-state index contributed by atoms with van der Waals surface area (Å²) in [6.07, 6.45) is 1.29. The van der Waals surface area contributed by atoms with Gasteiger partial charge in [-0.1, -0.05) is 12.1 Å². The molecular formula is C19H27N3OS. The largest absolute Gasteiger partial charge is 0.497 e. The molecule has 0 aliphatic carbocycles. The number of methoxy groups -OCH3 is 1. The van der Waals surface area contributed by atoms with Gasteiger partial charge in [0.2, 0.25) is 0 Å². The molecule has 0 amide bonds. The van der Waals surface area contributed by atoms with Crippen molar-refractivity contribution in [1.82, 2.24) is 14.8 Å². The first-order valence-corrected chi connectivity index (χ1v) is 9.45. The van der Waals surface area contributed by atoms with E-state index in [1.807, 2.05) is 11.6 Å². The molecule has 2 heterocycles. The highest BCUT2D eigenvalue weighted by molar-refractivity contribution is 7.09. The molecule has 1 aromatic carbocycles. The molecule has 3 rings (SSSR count). The fourth-order valence-corrected chi connectivity index (χ4v) is 4.32. The van der Waals surface area contributed by atoms with Crippen LogP contribution < -0.4 is 4.74 Å². The summed E-state index contributed by atoms with van der Waals surface area (Å²) in [5.74, 6) is 1.71. The van der Waals surface area contributed by atoms with E-state index in [-0.39, 0.29) is 0 Å². The summed E-state index contributed by atoms with van der Waals surface area (Å²) in [6.45, 7) is 7.67. The number of benzene rings is 1. The molecule has 2 aromatic rings. The van der Waals surface area contributed by atoms with E-state index in [9.17, 15) is 0 Å². The highest BCUT2D eigenvalue weighted by Crippen LogP contribution is 2.22. The van der Waals surface area contributed by atoms with Crippen LogP contribution in [0.3, 0.4) is 0 Å². The van der Waals surface area contributed by atoms with E-state index in [4.69, 9.17) is 4.74 Å². The van der Waals surface area contributed by atoms with Crippen molar-refractivity contribution in [3.8, 4) is 5.75 Å². The van der Waals surface area contributed by atoms with Crippen molar-refractivity contribution in [2.75, 3.05) is 33.8 Å². The molecule has 24 heavy (non-hydrogen) atoms. The fraction of sp³-hybridized carbons (Fsp3) is 0.526. The third-order valence-electron chi connectivity index (χ3n) is 4.74. The van der Waals surface area contributed by atoms with Gasteiger partial charge in [-0.15, -0.1) is 11.3 Å². The molecule has 1 aliphatic rings. The number of aryl methyl sites for hydroxylation is 1. The van der Waals surface area contributed by atoms with Gasteiger partial charge in [0, 0.05) is 31.1 Å². The lowest BCUT2D eigenvalue weighted by molar-refractivity contribution is 0.255. The number of ether oxygens (including phenoxy) is 1. The van der Waals surface area contributed by atoms with Crippen molar-refractivity contribution in [2.24, 2.45) is 5.92 Å². The van der Waals surface area contributed by atoms with Crippen molar-refractivity contribution in [2.45, 2.75) is 26.4 Å². The van der Waals surface area contributed by atoms with Crippen molar-refractivity contribution in [3.05, 3.63) is 45.9 Å². The maximum absolute atomic E-state index is 5.32. The quantitative estimate of drug-likeness (QED) is 0.769. The van der Waals surface area contributed by atoms with Crippen molar-refractivity contribution in [1.29, 1.82) is 0 Å². The van der Waals surface area contributed by atoms with E-state index in [0.717, 1.165) is 31.3 Å². The predicted octanol–water partition coefficient (Wildman–Crippen LogP) is 3.41. The van der Waals surface area contributed by atoms with E-state index in [0.29, 0.717) is 0 Å². The summed E-state index contributed by atoms with van der Waals surface area (Å²) >= 11 is 1.77. The lowest BCUT2D eigenvalue weighted by atomic mass is 10.1. The Morgan fingerprint density at radius 2 is 2.29 bits per heavy atom. The summed E-state index contributed by atoms with van der Waals surface area (Å²) in [5, 5.41) is 0. The third-order valence-corrected chi connectivity index (χ3v) is 5.66. The summed E-state index contributed by atoms with van der Waals surface area (Å²) in [5.41, 5.74) is 4.46. The number of rotatable bonds is 7. The topological polar surface area (TPSA) is 28.6 Å². The van der Waals surface area contributed by atoms with Gasteiger partial charge < -0.3 is 9.64 Å². The predicted molar refractivity (Wildman–Crippen MR) is 99.6 cm³/mol. The second-order valence-corrected chi connectivity index (χ2v) is 7.74. The first-order valence-electron chi connectivity index (χ1n) is 8.57. The Hall–Kier alpha value is -1.43. The second-order valence-electron chi connectivity index (χ2n) is 6.80. The molecule has 1 saturated heterocycles. The minimum absolute atomic E-state index is 0.758. The van der Waals surface area contributed by atoms with Gasteiger partial charge in [-0.2, -0.15) is 0 Å². The van der Waals surface area contributed by atoms with E-state index in [1.165, 1.54) is 35.6 Å². The van der Waals surface area contributed by atoms with E-state index >= 15 is 0 Å². The van der Waals surface area contributed by atoms with Crippen LogP contribution in [-0.2, 0) is 13.1 Å². The molecule has 1 fully saturated rings. The zero-order valence-electron chi connectivity index (χ0n) is 14.9. The number of nitrogens with zero attached hydrogens (tertiary/aromatic N) is 3. The van der Waals surface area contributed by atoms with E-state index in [1.54, 1.807) is 18.4 Å². The standard InChI is InChI=1S/C19H27N3OS/c1-15-19(24-14-20-15)13-21(2)10-17-7-8-22(12-17)11-16-5-4-6-18(9-16)23-3/h4-6,9,14,17H,7-8,10-13H2,1-3H3/t17-/m1/s1. The molecule has 0 unspecified atom stereocenters. The van der Waals surface area contributed by atoms with Gasteiger partial charge in [-0.25, -0.2) is 4.98 Å². The first kappa shape index (κ1) is 17.4. The second kappa shape index (κ2) is 8.10. The number of hydrogen-bond donors (Lipinski definition) is 0. The van der Waals surface area contributed by atoms with Crippen LogP contribution in [0, 0.1) is 12.8 Å². The zero-order valence-corrected chi connectivity index (χ0v) is 15.7. The van der Waals surface area contributed by atoms with Gasteiger partial charge in [0.15, 0.2) is 0 Å². The van der Waals surface area contributed by atoms with Gasteiger partial charge in [0.05, 0.1) is 18.3 Å². The normalized spacial score (nSPS) is 18.4. The Kier molecular flexibility index (Phi) is 5.87. The smallest absolute Gasteiger partial charge is 0.119 e. The molecule has 0 N–H and O–H groups in total. The Morgan fingerprint density at radius 3 is 3.04 bits per heavy atom. The lowest BCUT2D eigenvalue weighted by Gasteiger charge is -2.21. The van der Waals surface area contributed by atoms with Crippen LogP contribution in [0.25, 0.3) is 0 Å². The summed E-state index contributed by atoms with van der Waals surface area (Å²) in [4.78, 5) is 10.7. The molecule has 0 spiro atoms. The summed E-state index contributed by atoms with van der Waals surface area (Å²) < 4.78 is 5.32. The zero-order chi connectivity index (χ0) is 16.9. The van der Waals surface area contributed by atoms with Gasteiger partial charge in [0.25, 0.3) is 0 Å². The maximum Gasteiger partial charge on any atom is 0.119 e. The number of aromatic nitrogens is 1. The average molecular weight is 346 g/mol. The molecule has 5 heteroatoms. The number of likely N-dealkylation sites (tertiary alicyclic amines) is 1. The Morgan fingerprint density at radius 1 is 1.42 bits per heavy atom. The first-order chi connectivity index (χ1) is 11.6. The van der Waals surface area contributed by atoms with Crippen LogP contribution in [0.1, 0.15) is 22.6 Å². The Balaban J connectivity index is 1.47. The fourth-order valence-electron chi connectivity index (χ4n) is 3.46. The number of thiazole rings is 1. The van der Waals surface area contributed by atoms with Crippen LogP contribution in [0.2, 0.25) is 0 Å². The summed E-state index contributed by atoms with van der Waals surface area (Å²) in [6, 6.07) is 8.42. The van der Waals surface area contributed by atoms with E-state index < -0.39 is 0 Å². The maximum atomic E-state index is 5.32. The lowest BCUT2D eigenvalue weighted by Crippen LogP contribution is -2.28. The number of hydrogen-bond acceptors (Lipinski definition) is 5. The Bertz CT molecular complexity index is 658. The summed E-state index contributed by atoms with van der Waals surface area (Å²) in [7, 11) is 3.95. The van der Waals surface area contributed by atoms with Crippen molar-refractivity contribution >= 4 is 11.3 Å². The highest BCUT2D eigenvalue weighted by Gasteiger charge is 2.23. The molecular weight excluding hydrogens is 318 g/mol. The van der Waals surface area contributed by atoms with Crippen LogP contribution in [0.15, 0.2) is 29.8 Å². The van der Waals surface area contributed by atoms with Crippen LogP contribution in [-0.4, -0.2) is 48.6 Å².